The number of nitrogens with one attached hydrogen (secondary N) is 1. The van der Waals surface area contributed by atoms with E-state index in [0.717, 1.165) is 17.8 Å². The zero-order valence-electron chi connectivity index (χ0n) is 11.9. The summed E-state index contributed by atoms with van der Waals surface area (Å²) >= 11 is 4.93. The fourth-order valence-corrected chi connectivity index (χ4v) is 6.27. The van der Waals surface area contributed by atoms with Gasteiger partial charge in [0.15, 0.2) is 0 Å². The molecule has 1 saturated carbocycles. The van der Waals surface area contributed by atoms with Gasteiger partial charge in [0.2, 0.25) is 10.0 Å². The van der Waals surface area contributed by atoms with Gasteiger partial charge in [0.1, 0.15) is 4.90 Å². The summed E-state index contributed by atoms with van der Waals surface area (Å²) in [5.41, 5.74) is 1.26. The highest BCUT2D eigenvalue weighted by molar-refractivity contribution is 9.11. The molecule has 0 radical (unpaired) electrons. The molecular weight excluding hydrogens is 372 g/mol. The van der Waals surface area contributed by atoms with Gasteiger partial charge in [-0.1, -0.05) is 11.6 Å². The Kier molecular flexibility index (Phi) is 4.57. The van der Waals surface area contributed by atoms with Crippen molar-refractivity contribution < 1.29 is 8.42 Å². The molecule has 116 valence electrons. The minimum absolute atomic E-state index is 0.410. The van der Waals surface area contributed by atoms with E-state index in [-0.39, 0.29) is 0 Å². The van der Waals surface area contributed by atoms with Crippen molar-refractivity contribution in [2.24, 2.45) is 0 Å². The number of hydrogen-bond donors (Lipinski definition) is 1. The van der Waals surface area contributed by atoms with Crippen LogP contribution in [0.4, 0.5) is 0 Å². The Balaban J connectivity index is 1.77. The summed E-state index contributed by atoms with van der Waals surface area (Å²) in [4.78, 5) is 1.48. The molecule has 2 heterocycles. The Morgan fingerprint density at radius 3 is 2.86 bits per heavy atom. The summed E-state index contributed by atoms with van der Waals surface area (Å²) in [6.45, 7) is 3.85. The Hall–Kier alpha value is -0.210. The van der Waals surface area contributed by atoms with E-state index in [1.165, 1.54) is 29.8 Å². The first-order chi connectivity index (χ1) is 9.96. The van der Waals surface area contributed by atoms with Crippen LogP contribution in [0, 0.1) is 0 Å². The normalized spacial score (nSPS) is 20.6. The molecule has 4 nitrogen and oxygen atoms in total. The van der Waals surface area contributed by atoms with E-state index in [2.05, 4.69) is 21.2 Å². The minimum atomic E-state index is -3.39. The molecule has 0 aromatic carbocycles. The van der Waals surface area contributed by atoms with Crippen molar-refractivity contribution in [3.05, 3.63) is 26.4 Å². The molecular formula is C14H19BrN2O2S2. The highest BCUT2D eigenvalue weighted by Gasteiger charge is 2.29. The maximum atomic E-state index is 12.7. The van der Waals surface area contributed by atoms with Crippen molar-refractivity contribution >= 4 is 37.3 Å². The van der Waals surface area contributed by atoms with Crippen LogP contribution in [0.5, 0.6) is 0 Å². The summed E-state index contributed by atoms with van der Waals surface area (Å²) in [7, 11) is -3.39. The molecule has 0 atom stereocenters. The van der Waals surface area contributed by atoms with E-state index in [1.54, 1.807) is 4.31 Å². The average Bonchev–Trinajstić information content (AvgIpc) is 3.19. The van der Waals surface area contributed by atoms with Gasteiger partial charge in [-0.2, -0.15) is 4.31 Å². The van der Waals surface area contributed by atoms with Crippen LogP contribution in [0.2, 0.25) is 0 Å². The van der Waals surface area contributed by atoms with Crippen LogP contribution in [0.3, 0.4) is 0 Å². The van der Waals surface area contributed by atoms with Gasteiger partial charge < -0.3 is 5.32 Å². The Morgan fingerprint density at radius 2 is 2.24 bits per heavy atom. The predicted molar refractivity (Wildman–Crippen MR) is 89.0 cm³/mol. The second-order valence-corrected chi connectivity index (χ2v) is 10.0. The van der Waals surface area contributed by atoms with Crippen molar-refractivity contribution in [2.45, 2.75) is 43.7 Å². The van der Waals surface area contributed by atoms with E-state index < -0.39 is 10.0 Å². The molecule has 0 amide bonds. The Labute approximate surface area is 138 Å². The summed E-state index contributed by atoms with van der Waals surface area (Å²) in [5.74, 6) is 0. The number of thiophene rings is 1. The highest BCUT2D eigenvalue weighted by Crippen LogP contribution is 2.34. The molecule has 0 bridgehead atoms. The number of halogens is 1. The molecule has 1 N–H and O–H groups in total. The van der Waals surface area contributed by atoms with Gasteiger partial charge in [-0.3, -0.25) is 0 Å². The lowest BCUT2D eigenvalue weighted by atomic mass is 10.1. The van der Waals surface area contributed by atoms with E-state index >= 15 is 0 Å². The van der Waals surface area contributed by atoms with Crippen molar-refractivity contribution in [1.29, 1.82) is 0 Å². The largest absolute Gasteiger partial charge is 0.309 e. The summed E-state index contributed by atoms with van der Waals surface area (Å²) in [5, 5.41) is 3.42. The molecule has 0 saturated heterocycles. The van der Waals surface area contributed by atoms with Gasteiger partial charge in [-0.05, 0) is 48.2 Å². The fraction of sp³-hybridized carbons (Fsp3) is 0.571. The third-order valence-electron chi connectivity index (χ3n) is 3.87. The lowest BCUT2D eigenvalue weighted by molar-refractivity contribution is 0.431. The Morgan fingerprint density at radius 1 is 1.48 bits per heavy atom. The highest BCUT2D eigenvalue weighted by atomic mass is 79.9. The molecule has 0 unspecified atom stereocenters. The summed E-state index contributed by atoms with van der Waals surface area (Å²) in [6, 6.07) is 2.44. The molecule has 21 heavy (non-hydrogen) atoms. The van der Waals surface area contributed by atoms with Crippen LogP contribution >= 0.6 is 27.3 Å². The molecule has 1 fully saturated rings. The molecule has 1 aliphatic heterocycles. The van der Waals surface area contributed by atoms with Crippen molar-refractivity contribution in [2.75, 3.05) is 13.1 Å². The van der Waals surface area contributed by atoms with Crippen LogP contribution < -0.4 is 5.32 Å². The Bertz CT molecular complexity index is 663. The fourth-order valence-electron chi connectivity index (χ4n) is 2.30. The van der Waals surface area contributed by atoms with Gasteiger partial charge >= 0.3 is 0 Å². The smallest absolute Gasteiger partial charge is 0.245 e. The number of rotatable bonds is 5. The first-order valence-corrected chi connectivity index (χ1v) is 10.2. The van der Waals surface area contributed by atoms with Crippen LogP contribution in [-0.4, -0.2) is 31.9 Å². The first kappa shape index (κ1) is 15.7. The monoisotopic (exact) mass is 390 g/mol. The average molecular weight is 391 g/mol. The number of nitrogens with zero attached hydrogens (tertiary/aromatic N) is 1. The van der Waals surface area contributed by atoms with Gasteiger partial charge in [0.25, 0.3) is 0 Å². The molecule has 3 rings (SSSR count). The zero-order chi connectivity index (χ0) is 15.0. The molecule has 2 aliphatic rings. The number of sulfonamides is 1. The topological polar surface area (TPSA) is 49.4 Å². The van der Waals surface area contributed by atoms with Crippen LogP contribution in [0.1, 0.15) is 31.1 Å². The van der Waals surface area contributed by atoms with Crippen molar-refractivity contribution in [3.63, 3.8) is 0 Å². The van der Waals surface area contributed by atoms with E-state index in [1.807, 2.05) is 19.1 Å². The minimum Gasteiger partial charge on any atom is -0.309 e. The van der Waals surface area contributed by atoms with Gasteiger partial charge in [0, 0.05) is 30.6 Å². The van der Waals surface area contributed by atoms with Gasteiger partial charge in [-0.25, -0.2) is 8.42 Å². The van der Waals surface area contributed by atoms with E-state index in [0.29, 0.717) is 27.8 Å². The van der Waals surface area contributed by atoms with Gasteiger partial charge in [0.05, 0.1) is 3.79 Å². The van der Waals surface area contributed by atoms with E-state index in [9.17, 15) is 8.42 Å². The van der Waals surface area contributed by atoms with Crippen molar-refractivity contribution in [3.8, 4) is 0 Å². The van der Waals surface area contributed by atoms with Crippen LogP contribution in [-0.2, 0) is 16.6 Å². The summed E-state index contributed by atoms with van der Waals surface area (Å²) < 4.78 is 27.7. The second kappa shape index (κ2) is 6.12. The second-order valence-electron chi connectivity index (χ2n) is 5.67. The van der Waals surface area contributed by atoms with E-state index in [4.69, 9.17) is 0 Å². The molecule has 1 aliphatic carbocycles. The van der Waals surface area contributed by atoms with Crippen LogP contribution in [0.15, 0.2) is 26.4 Å². The van der Waals surface area contributed by atoms with Crippen LogP contribution in [0.25, 0.3) is 0 Å². The quantitative estimate of drug-likeness (QED) is 0.785. The summed E-state index contributed by atoms with van der Waals surface area (Å²) in [6.07, 6.45) is 5.28. The maximum absolute atomic E-state index is 12.7. The lowest BCUT2D eigenvalue weighted by Gasteiger charge is -2.24. The SMILES string of the molecule is CC1=CCN(S(=O)(=O)c2cc(CNC3CC3)sc2Br)CC1. The molecule has 1 aromatic rings. The molecule has 0 spiro atoms. The zero-order valence-corrected chi connectivity index (χ0v) is 15.2. The molecule has 1 aromatic heterocycles. The maximum Gasteiger partial charge on any atom is 0.245 e. The predicted octanol–water partition coefficient (Wildman–Crippen LogP) is 3.10. The standard InChI is InChI=1S/C14H19BrN2O2S2/c1-10-4-6-17(7-5-10)21(18,19)13-8-12(20-14(13)15)9-16-11-2-3-11/h4,8,11,16H,2-3,5-7,9H2,1H3. The third kappa shape index (κ3) is 3.59. The van der Waals surface area contributed by atoms with Gasteiger partial charge in [-0.15, -0.1) is 11.3 Å². The van der Waals surface area contributed by atoms with Crippen molar-refractivity contribution in [1.82, 2.24) is 9.62 Å². The molecule has 7 heteroatoms. The first-order valence-electron chi connectivity index (χ1n) is 7.14. The number of hydrogen-bond acceptors (Lipinski definition) is 4. The third-order valence-corrected chi connectivity index (χ3v) is 7.98. The lowest BCUT2D eigenvalue weighted by Crippen LogP contribution is -2.34.